The van der Waals surface area contributed by atoms with Crippen molar-refractivity contribution >= 4 is 11.8 Å². The fourth-order valence-electron chi connectivity index (χ4n) is 1.83. The number of azide groups is 1. The predicted octanol–water partition coefficient (Wildman–Crippen LogP) is 4.58. The molecule has 0 heterocycles. The van der Waals surface area contributed by atoms with E-state index in [0.29, 0.717) is 6.54 Å². The maximum Gasteiger partial charge on any atom is 0.412 e. The summed E-state index contributed by atoms with van der Waals surface area (Å²) in [6.45, 7) is 7.90. The van der Waals surface area contributed by atoms with Gasteiger partial charge in [-0.25, -0.2) is 4.79 Å². The number of carbonyl (C=O) groups is 1. The van der Waals surface area contributed by atoms with Gasteiger partial charge in [-0.3, -0.25) is 5.32 Å². The van der Waals surface area contributed by atoms with Crippen LogP contribution in [0.3, 0.4) is 0 Å². The molecule has 0 saturated carbocycles. The van der Waals surface area contributed by atoms with Crippen LogP contribution in [0.2, 0.25) is 0 Å². The van der Waals surface area contributed by atoms with Crippen molar-refractivity contribution < 1.29 is 9.53 Å². The average Bonchev–Trinajstić information content (AvgIpc) is 2.35. The summed E-state index contributed by atoms with van der Waals surface area (Å²) in [5.41, 5.74) is 10.6. The second-order valence-corrected chi connectivity index (χ2v) is 5.83. The zero-order valence-corrected chi connectivity index (χ0v) is 13.0. The van der Waals surface area contributed by atoms with E-state index >= 15 is 0 Å². The van der Waals surface area contributed by atoms with Crippen molar-refractivity contribution in [1.82, 2.24) is 0 Å². The summed E-state index contributed by atoms with van der Waals surface area (Å²) in [5.74, 6) is 0. The third kappa shape index (κ3) is 6.68. The van der Waals surface area contributed by atoms with Crippen LogP contribution in [0, 0.1) is 6.92 Å². The molecule has 1 aromatic carbocycles. The Morgan fingerprint density at radius 3 is 2.71 bits per heavy atom. The molecule has 0 saturated heterocycles. The molecule has 0 bridgehead atoms. The van der Waals surface area contributed by atoms with Crippen LogP contribution in [0.1, 0.15) is 38.3 Å². The van der Waals surface area contributed by atoms with Crippen molar-refractivity contribution in [2.75, 3.05) is 11.9 Å². The lowest BCUT2D eigenvalue weighted by atomic mass is 10.1. The lowest BCUT2D eigenvalue weighted by molar-refractivity contribution is 0.0636. The summed E-state index contributed by atoms with van der Waals surface area (Å²) < 4.78 is 5.22. The van der Waals surface area contributed by atoms with Crippen molar-refractivity contribution in [1.29, 1.82) is 0 Å². The first kappa shape index (κ1) is 16.9. The number of hydrogen-bond donors (Lipinski definition) is 1. The van der Waals surface area contributed by atoms with Gasteiger partial charge < -0.3 is 4.74 Å². The van der Waals surface area contributed by atoms with Gasteiger partial charge in [0.05, 0.1) is 0 Å². The molecule has 0 spiro atoms. The Morgan fingerprint density at radius 2 is 2.14 bits per heavy atom. The highest BCUT2D eigenvalue weighted by molar-refractivity contribution is 5.85. The number of rotatable bonds is 5. The summed E-state index contributed by atoms with van der Waals surface area (Å²) in [5, 5.41) is 6.25. The molecule has 1 amide bonds. The summed E-state index contributed by atoms with van der Waals surface area (Å²) in [7, 11) is 0. The van der Waals surface area contributed by atoms with Crippen molar-refractivity contribution in [2.45, 2.75) is 46.1 Å². The number of nitrogens with one attached hydrogen (secondary N) is 1. The number of amides is 1. The van der Waals surface area contributed by atoms with Crippen LogP contribution in [-0.4, -0.2) is 18.2 Å². The number of ether oxygens (including phenoxy) is 1. The Hall–Kier alpha value is -2.20. The van der Waals surface area contributed by atoms with Gasteiger partial charge in [0, 0.05) is 17.1 Å². The van der Waals surface area contributed by atoms with Gasteiger partial charge >= 0.3 is 6.09 Å². The van der Waals surface area contributed by atoms with E-state index in [9.17, 15) is 4.79 Å². The lowest BCUT2D eigenvalue weighted by Crippen LogP contribution is -2.27. The molecule has 0 aliphatic rings. The van der Waals surface area contributed by atoms with Gasteiger partial charge in [-0.15, -0.1) is 0 Å². The molecular formula is C15H22N4O2. The molecule has 0 aliphatic carbocycles. The number of hydrogen-bond acceptors (Lipinski definition) is 3. The minimum Gasteiger partial charge on any atom is -0.444 e. The van der Waals surface area contributed by atoms with Crippen LogP contribution in [0.4, 0.5) is 10.5 Å². The van der Waals surface area contributed by atoms with E-state index in [4.69, 9.17) is 10.3 Å². The molecule has 0 aliphatic heterocycles. The number of anilines is 1. The number of nitrogens with zero attached hydrogens (tertiary/aromatic N) is 3. The van der Waals surface area contributed by atoms with E-state index in [2.05, 4.69) is 15.3 Å². The first-order valence-electron chi connectivity index (χ1n) is 6.92. The maximum atomic E-state index is 11.7. The highest BCUT2D eigenvalue weighted by Crippen LogP contribution is 2.19. The van der Waals surface area contributed by atoms with Crippen LogP contribution < -0.4 is 5.32 Å². The van der Waals surface area contributed by atoms with Crippen LogP contribution in [-0.2, 0) is 11.2 Å². The molecular weight excluding hydrogens is 268 g/mol. The van der Waals surface area contributed by atoms with Crippen molar-refractivity contribution in [3.05, 3.63) is 39.8 Å². The third-order valence-electron chi connectivity index (χ3n) is 2.71. The SMILES string of the molecule is Cc1cc(CCCN=[N+]=[N-])ccc1NC(=O)OC(C)(C)C. The molecule has 0 aromatic heterocycles. The molecule has 1 N–H and O–H groups in total. The van der Waals surface area contributed by atoms with Crippen LogP contribution in [0.15, 0.2) is 23.3 Å². The largest absolute Gasteiger partial charge is 0.444 e. The fourth-order valence-corrected chi connectivity index (χ4v) is 1.83. The third-order valence-corrected chi connectivity index (χ3v) is 2.71. The van der Waals surface area contributed by atoms with E-state index in [1.165, 1.54) is 0 Å². The molecule has 6 heteroatoms. The minimum atomic E-state index is -0.515. The lowest BCUT2D eigenvalue weighted by Gasteiger charge is -2.20. The molecule has 114 valence electrons. The van der Waals surface area contributed by atoms with Crippen LogP contribution in [0.25, 0.3) is 10.4 Å². The van der Waals surface area contributed by atoms with E-state index in [1.54, 1.807) is 0 Å². The quantitative estimate of drug-likeness (QED) is 0.372. The minimum absolute atomic E-state index is 0.457. The molecule has 0 atom stereocenters. The number of aryl methyl sites for hydroxylation is 2. The summed E-state index contributed by atoms with van der Waals surface area (Å²) in [4.78, 5) is 14.5. The van der Waals surface area contributed by atoms with E-state index in [-0.39, 0.29) is 0 Å². The number of benzene rings is 1. The van der Waals surface area contributed by atoms with Gasteiger partial charge in [-0.05, 0) is 63.3 Å². The van der Waals surface area contributed by atoms with E-state index < -0.39 is 11.7 Å². The summed E-state index contributed by atoms with van der Waals surface area (Å²) >= 11 is 0. The molecule has 6 nitrogen and oxygen atoms in total. The Bertz CT molecular complexity index is 543. The maximum absolute atomic E-state index is 11.7. The summed E-state index contributed by atoms with van der Waals surface area (Å²) in [6, 6.07) is 5.83. The monoisotopic (exact) mass is 290 g/mol. The standard InChI is InChI=1S/C15H22N4O2/c1-11-10-12(6-5-9-17-19-16)7-8-13(11)18-14(20)21-15(2,3)4/h7-8,10H,5-6,9H2,1-4H3,(H,18,20). The van der Waals surface area contributed by atoms with E-state index in [0.717, 1.165) is 29.7 Å². The first-order chi connectivity index (χ1) is 9.81. The number of carbonyl (C=O) groups excluding carboxylic acids is 1. The molecule has 0 radical (unpaired) electrons. The Kier molecular flexibility index (Phi) is 6.06. The highest BCUT2D eigenvalue weighted by atomic mass is 16.6. The van der Waals surface area contributed by atoms with Crippen molar-refractivity contribution in [2.24, 2.45) is 5.11 Å². The molecule has 21 heavy (non-hydrogen) atoms. The van der Waals surface area contributed by atoms with Gasteiger partial charge in [-0.2, -0.15) is 0 Å². The Labute approximate surface area is 125 Å². The second-order valence-electron chi connectivity index (χ2n) is 5.83. The first-order valence-corrected chi connectivity index (χ1v) is 6.92. The Balaban J connectivity index is 2.61. The van der Waals surface area contributed by atoms with Gasteiger partial charge in [0.1, 0.15) is 5.60 Å². The predicted molar refractivity (Wildman–Crippen MR) is 83.4 cm³/mol. The molecule has 1 rings (SSSR count). The summed E-state index contributed by atoms with van der Waals surface area (Å²) in [6.07, 6.45) is 1.19. The van der Waals surface area contributed by atoms with Gasteiger partial charge in [0.25, 0.3) is 0 Å². The van der Waals surface area contributed by atoms with Crippen molar-refractivity contribution in [3.8, 4) is 0 Å². The molecule has 0 fully saturated rings. The average molecular weight is 290 g/mol. The molecule has 0 unspecified atom stereocenters. The van der Waals surface area contributed by atoms with E-state index in [1.807, 2.05) is 45.9 Å². The zero-order valence-electron chi connectivity index (χ0n) is 13.0. The highest BCUT2D eigenvalue weighted by Gasteiger charge is 2.16. The normalized spacial score (nSPS) is 10.7. The second kappa shape index (κ2) is 7.55. The van der Waals surface area contributed by atoms with Crippen molar-refractivity contribution in [3.63, 3.8) is 0 Å². The van der Waals surface area contributed by atoms with Crippen LogP contribution >= 0.6 is 0 Å². The zero-order chi connectivity index (χ0) is 15.9. The Morgan fingerprint density at radius 1 is 1.43 bits per heavy atom. The topological polar surface area (TPSA) is 87.1 Å². The van der Waals surface area contributed by atoms with Gasteiger partial charge in [-0.1, -0.05) is 17.2 Å². The molecule has 1 aromatic rings. The fraction of sp³-hybridized carbons (Fsp3) is 0.533. The smallest absolute Gasteiger partial charge is 0.412 e. The van der Waals surface area contributed by atoms with Gasteiger partial charge in [0.2, 0.25) is 0 Å². The van der Waals surface area contributed by atoms with Gasteiger partial charge in [0.15, 0.2) is 0 Å². The van der Waals surface area contributed by atoms with Crippen LogP contribution in [0.5, 0.6) is 0 Å².